The zero-order valence-electron chi connectivity index (χ0n) is 13.3. The van der Waals surface area contributed by atoms with Crippen LogP contribution in [0.25, 0.3) is 12.2 Å². The van der Waals surface area contributed by atoms with Gasteiger partial charge in [-0.1, -0.05) is 24.3 Å². The van der Waals surface area contributed by atoms with Crippen LogP contribution in [0.1, 0.15) is 11.1 Å². The number of benzene rings is 2. The van der Waals surface area contributed by atoms with Crippen molar-refractivity contribution in [2.75, 3.05) is 28.4 Å². The summed E-state index contributed by atoms with van der Waals surface area (Å²) in [5, 5.41) is 0. The summed E-state index contributed by atoms with van der Waals surface area (Å²) in [5.74, 6) is 2.86. The normalized spacial score (nSPS) is 10.5. The first-order valence-electron chi connectivity index (χ1n) is 6.84. The minimum absolute atomic E-state index is 0.640. The molecule has 0 saturated heterocycles. The van der Waals surface area contributed by atoms with Crippen molar-refractivity contribution in [3.63, 3.8) is 0 Å². The monoisotopic (exact) mass is 300 g/mol. The summed E-state index contributed by atoms with van der Waals surface area (Å²) in [6.45, 7) is 0. The summed E-state index contributed by atoms with van der Waals surface area (Å²) < 4.78 is 21.2. The first-order chi connectivity index (χ1) is 10.7. The lowest BCUT2D eigenvalue weighted by Crippen LogP contribution is -1.94. The molecule has 0 aromatic heterocycles. The average molecular weight is 300 g/mol. The molecular weight excluding hydrogens is 280 g/mol. The van der Waals surface area contributed by atoms with E-state index in [4.69, 9.17) is 18.9 Å². The second-order valence-electron chi connectivity index (χ2n) is 4.56. The molecule has 0 N–H and O–H groups in total. The fourth-order valence-electron chi connectivity index (χ4n) is 2.08. The quantitative estimate of drug-likeness (QED) is 0.758. The van der Waals surface area contributed by atoms with E-state index in [9.17, 15) is 0 Å². The van der Waals surface area contributed by atoms with Gasteiger partial charge in [-0.15, -0.1) is 0 Å². The van der Waals surface area contributed by atoms with Gasteiger partial charge in [0.1, 0.15) is 11.5 Å². The topological polar surface area (TPSA) is 36.9 Å². The summed E-state index contributed by atoms with van der Waals surface area (Å²) in [6.07, 6.45) is 3.98. The van der Waals surface area contributed by atoms with Crippen LogP contribution in [-0.4, -0.2) is 28.4 Å². The summed E-state index contributed by atoms with van der Waals surface area (Å²) in [6, 6.07) is 11.5. The van der Waals surface area contributed by atoms with Crippen molar-refractivity contribution in [1.29, 1.82) is 0 Å². The van der Waals surface area contributed by atoms with Gasteiger partial charge in [-0.2, -0.15) is 0 Å². The third-order valence-electron chi connectivity index (χ3n) is 3.31. The van der Waals surface area contributed by atoms with Gasteiger partial charge in [-0.25, -0.2) is 0 Å². The lowest BCUT2D eigenvalue weighted by atomic mass is 10.1. The van der Waals surface area contributed by atoms with E-state index in [2.05, 4.69) is 0 Å². The smallest absolute Gasteiger partial charge is 0.164 e. The standard InChI is InChI=1S/C18H20O4/c1-19-15-9-6-13(7-10-15)5-8-14-11-17(21-3)18(22-4)12-16(14)20-2/h5-12H,1-4H3/b8-5+. The Morgan fingerprint density at radius 1 is 0.636 bits per heavy atom. The van der Waals surface area contributed by atoms with Crippen molar-refractivity contribution in [1.82, 2.24) is 0 Å². The van der Waals surface area contributed by atoms with Gasteiger partial charge in [-0.05, 0) is 23.8 Å². The van der Waals surface area contributed by atoms with E-state index in [-0.39, 0.29) is 0 Å². The molecule has 0 aliphatic rings. The van der Waals surface area contributed by atoms with Gasteiger partial charge in [0.15, 0.2) is 11.5 Å². The van der Waals surface area contributed by atoms with Crippen molar-refractivity contribution in [3.8, 4) is 23.0 Å². The van der Waals surface area contributed by atoms with Crippen molar-refractivity contribution in [2.45, 2.75) is 0 Å². The Balaban J connectivity index is 2.32. The van der Waals surface area contributed by atoms with Gasteiger partial charge >= 0.3 is 0 Å². The van der Waals surface area contributed by atoms with Crippen molar-refractivity contribution >= 4 is 12.2 Å². The van der Waals surface area contributed by atoms with Crippen LogP contribution in [-0.2, 0) is 0 Å². The number of hydrogen-bond acceptors (Lipinski definition) is 4. The zero-order valence-corrected chi connectivity index (χ0v) is 13.3. The highest BCUT2D eigenvalue weighted by atomic mass is 16.5. The van der Waals surface area contributed by atoms with Crippen LogP contribution in [0.3, 0.4) is 0 Å². The summed E-state index contributed by atoms with van der Waals surface area (Å²) in [5.41, 5.74) is 1.98. The fourth-order valence-corrected chi connectivity index (χ4v) is 2.08. The maximum Gasteiger partial charge on any atom is 0.164 e. The molecule has 4 heteroatoms. The van der Waals surface area contributed by atoms with Gasteiger partial charge in [0, 0.05) is 11.6 Å². The molecule has 0 bridgehead atoms. The maximum absolute atomic E-state index is 5.41. The van der Waals surface area contributed by atoms with E-state index >= 15 is 0 Å². The van der Waals surface area contributed by atoms with E-state index < -0.39 is 0 Å². The van der Waals surface area contributed by atoms with Gasteiger partial charge in [0.2, 0.25) is 0 Å². The minimum Gasteiger partial charge on any atom is -0.497 e. The Hall–Kier alpha value is -2.62. The lowest BCUT2D eigenvalue weighted by molar-refractivity contribution is 0.348. The zero-order chi connectivity index (χ0) is 15.9. The van der Waals surface area contributed by atoms with E-state index in [0.29, 0.717) is 11.5 Å². The van der Waals surface area contributed by atoms with Crippen LogP contribution in [0.15, 0.2) is 36.4 Å². The second kappa shape index (κ2) is 7.41. The van der Waals surface area contributed by atoms with Gasteiger partial charge in [-0.3, -0.25) is 0 Å². The predicted molar refractivity (Wildman–Crippen MR) is 88.0 cm³/mol. The van der Waals surface area contributed by atoms with Crippen LogP contribution in [0.4, 0.5) is 0 Å². The molecule has 0 atom stereocenters. The molecule has 0 spiro atoms. The van der Waals surface area contributed by atoms with Crippen LogP contribution < -0.4 is 18.9 Å². The van der Waals surface area contributed by atoms with Gasteiger partial charge < -0.3 is 18.9 Å². The lowest BCUT2D eigenvalue weighted by Gasteiger charge is -2.12. The number of methoxy groups -OCH3 is 4. The predicted octanol–water partition coefficient (Wildman–Crippen LogP) is 3.89. The highest BCUT2D eigenvalue weighted by molar-refractivity contribution is 5.74. The number of rotatable bonds is 6. The Kier molecular flexibility index (Phi) is 5.31. The Morgan fingerprint density at radius 3 is 1.77 bits per heavy atom. The molecule has 0 radical (unpaired) electrons. The molecule has 116 valence electrons. The summed E-state index contributed by atoms with van der Waals surface area (Å²) in [4.78, 5) is 0. The number of ether oxygens (including phenoxy) is 4. The number of hydrogen-bond donors (Lipinski definition) is 0. The molecule has 2 rings (SSSR count). The summed E-state index contributed by atoms with van der Waals surface area (Å²) >= 11 is 0. The Bertz CT molecular complexity index is 645. The van der Waals surface area contributed by atoms with Crippen LogP contribution in [0.5, 0.6) is 23.0 Å². The molecule has 4 nitrogen and oxygen atoms in total. The molecular formula is C18H20O4. The van der Waals surface area contributed by atoms with Crippen LogP contribution in [0.2, 0.25) is 0 Å². The highest BCUT2D eigenvalue weighted by Crippen LogP contribution is 2.35. The van der Waals surface area contributed by atoms with E-state index in [1.54, 1.807) is 28.4 Å². The molecule has 0 fully saturated rings. The largest absolute Gasteiger partial charge is 0.497 e. The molecule has 22 heavy (non-hydrogen) atoms. The molecule has 0 unspecified atom stereocenters. The highest BCUT2D eigenvalue weighted by Gasteiger charge is 2.09. The van der Waals surface area contributed by atoms with E-state index in [1.165, 1.54) is 0 Å². The molecule has 2 aromatic rings. The second-order valence-corrected chi connectivity index (χ2v) is 4.56. The Morgan fingerprint density at radius 2 is 1.23 bits per heavy atom. The van der Waals surface area contributed by atoms with Gasteiger partial charge in [0.05, 0.1) is 28.4 Å². The first kappa shape index (κ1) is 15.8. The molecule has 2 aromatic carbocycles. The molecule has 0 amide bonds. The minimum atomic E-state index is 0.640. The van der Waals surface area contributed by atoms with E-state index in [0.717, 1.165) is 22.6 Å². The molecule has 0 aliphatic carbocycles. The van der Waals surface area contributed by atoms with Crippen molar-refractivity contribution in [2.24, 2.45) is 0 Å². The van der Waals surface area contributed by atoms with Crippen molar-refractivity contribution < 1.29 is 18.9 Å². The fraction of sp³-hybridized carbons (Fsp3) is 0.222. The van der Waals surface area contributed by atoms with Gasteiger partial charge in [0.25, 0.3) is 0 Å². The van der Waals surface area contributed by atoms with Crippen molar-refractivity contribution in [3.05, 3.63) is 47.5 Å². The van der Waals surface area contributed by atoms with Crippen LogP contribution >= 0.6 is 0 Å². The first-order valence-corrected chi connectivity index (χ1v) is 6.84. The third kappa shape index (κ3) is 3.52. The average Bonchev–Trinajstić information content (AvgIpc) is 2.59. The van der Waals surface area contributed by atoms with Crippen LogP contribution in [0, 0.1) is 0 Å². The third-order valence-corrected chi connectivity index (χ3v) is 3.31. The summed E-state index contributed by atoms with van der Waals surface area (Å²) in [7, 11) is 6.50. The molecule has 0 aliphatic heterocycles. The SMILES string of the molecule is COc1ccc(/C=C/c2cc(OC)c(OC)cc2OC)cc1. The Labute approximate surface area is 130 Å². The van der Waals surface area contributed by atoms with E-state index in [1.807, 2.05) is 48.6 Å². The molecule has 0 heterocycles. The maximum atomic E-state index is 5.41. The molecule has 0 saturated carbocycles.